The van der Waals surface area contributed by atoms with E-state index in [-0.39, 0.29) is 11.7 Å². The molecule has 0 radical (unpaired) electrons. The molecule has 0 saturated carbocycles. The second-order valence-electron chi connectivity index (χ2n) is 6.96. The molecule has 0 bridgehead atoms. The summed E-state index contributed by atoms with van der Waals surface area (Å²) in [5.41, 5.74) is 3.53. The van der Waals surface area contributed by atoms with Crippen molar-refractivity contribution in [3.63, 3.8) is 0 Å². The Morgan fingerprint density at radius 1 is 1.19 bits per heavy atom. The highest BCUT2D eigenvalue weighted by atomic mass is 16.3. The minimum Gasteiger partial charge on any atom is -0.508 e. The van der Waals surface area contributed by atoms with Crippen LogP contribution >= 0.6 is 0 Å². The zero-order valence-electron chi connectivity index (χ0n) is 15.0. The number of fused-ring (bicyclic) bond motifs is 1. The summed E-state index contributed by atoms with van der Waals surface area (Å²) < 4.78 is 1.74. The predicted octanol–water partition coefficient (Wildman–Crippen LogP) is 3.00. The van der Waals surface area contributed by atoms with E-state index in [0.717, 1.165) is 42.7 Å². The van der Waals surface area contributed by atoms with Crippen molar-refractivity contribution in [1.29, 1.82) is 0 Å². The summed E-state index contributed by atoms with van der Waals surface area (Å²) in [6.45, 7) is 3.39. The number of carbonyl (C=O) groups excluding carboxylic acids is 1. The molecule has 0 aliphatic carbocycles. The predicted molar refractivity (Wildman–Crippen MR) is 99.2 cm³/mol. The van der Waals surface area contributed by atoms with Gasteiger partial charge in [0.2, 0.25) is 0 Å². The number of hydrogen-bond acceptors (Lipinski definition) is 4. The Morgan fingerprint density at radius 3 is 2.58 bits per heavy atom. The Balaban J connectivity index is 1.48. The Kier molecular flexibility index (Phi) is 4.11. The van der Waals surface area contributed by atoms with Gasteiger partial charge in [0.25, 0.3) is 5.91 Å². The Morgan fingerprint density at radius 2 is 1.88 bits per heavy atom. The normalized spacial score (nSPS) is 15.5. The van der Waals surface area contributed by atoms with Crippen molar-refractivity contribution < 1.29 is 9.90 Å². The number of pyridine rings is 1. The van der Waals surface area contributed by atoms with Crippen LogP contribution in [0, 0.1) is 6.92 Å². The van der Waals surface area contributed by atoms with Crippen LogP contribution in [0.2, 0.25) is 0 Å². The second-order valence-corrected chi connectivity index (χ2v) is 6.96. The van der Waals surface area contributed by atoms with Crippen molar-refractivity contribution in [1.82, 2.24) is 19.7 Å². The maximum atomic E-state index is 12.9. The molecule has 0 unspecified atom stereocenters. The smallest absolute Gasteiger partial charge is 0.255 e. The molecule has 1 N–H and O–H groups in total. The number of likely N-dealkylation sites (tertiary alicyclic amines) is 1. The molecule has 6 nitrogen and oxygen atoms in total. The largest absolute Gasteiger partial charge is 0.508 e. The number of aryl methyl sites for hydroxylation is 2. The van der Waals surface area contributed by atoms with Gasteiger partial charge in [-0.2, -0.15) is 5.10 Å². The number of piperidine rings is 1. The highest BCUT2D eigenvalue weighted by Gasteiger charge is 2.25. The van der Waals surface area contributed by atoms with Gasteiger partial charge in [0.15, 0.2) is 5.65 Å². The summed E-state index contributed by atoms with van der Waals surface area (Å²) in [7, 11) is 1.86. The number of phenolic OH excluding ortho intramolecular Hbond substituents is 1. The van der Waals surface area contributed by atoms with Gasteiger partial charge in [0.1, 0.15) is 5.75 Å². The molecule has 3 aromatic rings. The lowest BCUT2D eigenvalue weighted by molar-refractivity contribution is 0.0713. The van der Waals surface area contributed by atoms with Gasteiger partial charge in [-0.05, 0) is 49.4 Å². The standard InChI is InChI=1S/C20H22N4O2/c1-13-18-11-16(12-21-19(18)23(2)22-13)20(26)24-9-7-15(8-10-24)14-3-5-17(25)6-4-14/h3-6,11-12,15,25H,7-10H2,1-2H3. The van der Waals surface area contributed by atoms with Crippen molar-refractivity contribution in [2.75, 3.05) is 13.1 Å². The third-order valence-electron chi connectivity index (χ3n) is 5.26. The highest BCUT2D eigenvalue weighted by Crippen LogP contribution is 2.29. The van der Waals surface area contributed by atoms with Gasteiger partial charge < -0.3 is 10.0 Å². The Hall–Kier alpha value is -2.89. The first-order valence-electron chi connectivity index (χ1n) is 8.90. The minimum atomic E-state index is 0.0341. The van der Waals surface area contributed by atoms with Crippen molar-refractivity contribution in [2.24, 2.45) is 7.05 Å². The first-order valence-corrected chi connectivity index (χ1v) is 8.90. The van der Waals surface area contributed by atoms with Crippen LogP contribution in [0.1, 0.15) is 40.4 Å². The quantitative estimate of drug-likeness (QED) is 0.771. The zero-order valence-corrected chi connectivity index (χ0v) is 15.0. The molecule has 4 rings (SSSR count). The van der Waals surface area contributed by atoms with Crippen LogP contribution in [0.5, 0.6) is 5.75 Å². The van der Waals surface area contributed by atoms with Crippen molar-refractivity contribution in [3.05, 3.63) is 53.3 Å². The van der Waals surface area contributed by atoms with Crippen molar-refractivity contribution in [3.8, 4) is 5.75 Å². The summed E-state index contributed by atoms with van der Waals surface area (Å²) in [4.78, 5) is 19.2. The average molecular weight is 350 g/mol. The third-order valence-corrected chi connectivity index (χ3v) is 5.26. The lowest BCUT2D eigenvalue weighted by atomic mass is 9.89. The van der Waals surface area contributed by atoms with Gasteiger partial charge in [-0.25, -0.2) is 4.98 Å². The SMILES string of the molecule is Cc1nn(C)c2ncc(C(=O)N3CCC(c4ccc(O)cc4)CC3)cc12. The number of benzene rings is 1. The van der Waals surface area contributed by atoms with Gasteiger partial charge in [-0.15, -0.1) is 0 Å². The van der Waals surface area contributed by atoms with Gasteiger partial charge in [-0.3, -0.25) is 9.48 Å². The van der Waals surface area contributed by atoms with E-state index in [9.17, 15) is 9.90 Å². The molecule has 6 heteroatoms. The summed E-state index contributed by atoms with van der Waals surface area (Å²) in [5.74, 6) is 0.752. The Labute approximate surface area is 152 Å². The lowest BCUT2D eigenvalue weighted by Gasteiger charge is -2.32. The fraction of sp³-hybridized carbons (Fsp3) is 0.350. The number of carbonyl (C=O) groups is 1. The number of nitrogens with zero attached hydrogens (tertiary/aromatic N) is 4. The second kappa shape index (κ2) is 6.44. The average Bonchev–Trinajstić information content (AvgIpc) is 2.95. The van der Waals surface area contributed by atoms with Crippen LogP contribution in [0.15, 0.2) is 36.5 Å². The first-order chi connectivity index (χ1) is 12.5. The minimum absolute atomic E-state index is 0.0341. The van der Waals surface area contributed by atoms with E-state index < -0.39 is 0 Å². The Bertz CT molecular complexity index is 954. The van der Waals surface area contributed by atoms with E-state index >= 15 is 0 Å². The van der Waals surface area contributed by atoms with Crippen LogP contribution < -0.4 is 0 Å². The molecule has 1 aromatic carbocycles. The zero-order chi connectivity index (χ0) is 18.3. The maximum Gasteiger partial charge on any atom is 0.255 e. The number of amides is 1. The fourth-order valence-electron chi connectivity index (χ4n) is 3.77. The van der Waals surface area contributed by atoms with Gasteiger partial charge >= 0.3 is 0 Å². The molecule has 1 aliphatic heterocycles. The van der Waals surface area contributed by atoms with E-state index in [4.69, 9.17) is 0 Å². The summed E-state index contributed by atoms with van der Waals surface area (Å²) in [6.07, 6.45) is 3.51. The first kappa shape index (κ1) is 16.6. The molecule has 1 aliphatic rings. The number of rotatable bonds is 2. The highest BCUT2D eigenvalue weighted by molar-refractivity contribution is 5.97. The van der Waals surface area contributed by atoms with Crippen molar-refractivity contribution in [2.45, 2.75) is 25.7 Å². The van der Waals surface area contributed by atoms with Crippen LogP contribution in [0.4, 0.5) is 0 Å². The number of hydrogen-bond donors (Lipinski definition) is 1. The summed E-state index contributed by atoms with van der Waals surface area (Å²) in [6, 6.07) is 9.30. The van der Waals surface area contributed by atoms with Crippen LogP contribution in [0.25, 0.3) is 11.0 Å². The molecular weight excluding hydrogens is 328 g/mol. The molecule has 134 valence electrons. The van der Waals surface area contributed by atoms with E-state index in [1.54, 1.807) is 23.0 Å². The molecule has 1 saturated heterocycles. The molecule has 3 heterocycles. The van der Waals surface area contributed by atoms with Gasteiger partial charge in [-0.1, -0.05) is 12.1 Å². The molecule has 0 spiro atoms. The topological polar surface area (TPSA) is 71.2 Å². The number of aromatic nitrogens is 3. The van der Waals surface area contributed by atoms with Crippen LogP contribution in [0.3, 0.4) is 0 Å². The molecular formula is C20H22N4O2. The molecule has 2 aromatic heterocycles. The fourth-order valence-corrected chi connectivity index (χ4v) is 3.77. The van der Waals surface area contributed by atoms with Crippen molar-refractivity contribution >= 4 is 16.9 Å². The van der Waals surface area contributed by atoms with E-state index in [0.29, 0.717) is 11.5 Å². The lowest BCUT2D eigenvalue weighted by Crippen LogP contribution is -2.38. The monoisotopic (exact) mass is 350 g/mol. The van der Waals surface area contributed by atoms with E-state index in [1.165, 1.54) is 5.56 Å². The number of phenols is 1. The van der Waals surface area contributed by atoms with E-state index in [1.807, 2.05) is 37.1 Å². The third kappa shape index (κ3) is 2.92. The summed E-state index contributed by atoms with van der Waals surface area (Å²) >= 11 is 0. The summed E-state index contributed by atoms with van der Waals surface area (Å²) in [5, 5.41) is 14.7. The molecule has 0 atom stereocenters. The molecule has 1 amide bonds. The van der Waals surface area contributed by atoms with E-state index in [2.05, 4.69) is 10.1 Å². The van der Waals surface area contributed by atoms with Gasteiger partial charge in [0, 0.05) is 31.7 Å². The van der Waals surface area contributed by atoms with Crippen LogP contribution in [-0.2, 0) is 7.05 Å². The number of aromatic hydroxyl groups is 1. The van der Waals surface area contributed by atoms with Crippen LogP contribution in [-0.4, -0.2) is 43.8 Å². The van der Waals surface area contributed by atoms with Gasteiger partial charge in [0.05, 0.1) is 11.3 Å². The molecule has 26 heavy (non-hydrogen) atoms. The maximum absolute atomic E-state index is 12.9. The molecule has 1 fully saturated rings.